The molecule has 0 aromatic heterocycles. The van der Waals surface area contributed by atoms with E-state index in [9.17, 15) is 0 Å². The highest BCUT2D eigenvalue weighted by atomic mass is 15.2. The third-order valence-corrected chi connectivity index (χ3v) is 2.83. The van der Waals surface area contributed by atoms with Crippen LogP contribution in [0.15, 0.2) is 24.3 Å². The Morgan fingerprint density at radius 3 is 2.47 bits per heavy atom. The van der Waals surface area contributed by atoms with Gasteiger partial charge in [-0.25, -0.2) is 0 Å². The quantitative estimate of drug-likeness (QED) is 0.341. The van der Waals surface area contributed by atoms with Gasteiger partial charge in [0.05, 0.1) is 0 Å². The van der Waals surface area contributed by atoms with Crippen LogP contribution in [0.2, 0.25) is 0 Å². The van der Waals surface area contributed by atoms with Gasteiger partial charge in [-0.3, -0.25) is 11.3 Å². The predicted molar refractivity (Wildman–Crippen MR) is 73.5 cm³/mol. The van der Waals surface area contributed by atoms with Crippen molar-refractivity contribution in [3.05, 3.63) is 29.8 Å². The molecule has 0 aliphatic rings. The average Bonchev–Trinajstić information content (AvgIpc) is 2.35. The molecule has 3 heteroatoms. The number of hydrazine groups is 1. The molecule has 3 N–H and O–H groups in total. The maximum atomic E-state index is 5.57. The monoisotopic (exact) mass is 231 g/mol. The Balaban J connectivity index is 2.65. The topological polar surface area (TPSA) is 41.3 Å². The fraction of sp³-hybridized carbons (Fsp3) is 0.429. The van der Waals surface area contributed by atoms with E-state index >= 15 is 0 Å². The minimum Gasteiger partial charge on any atom is -0.378 e. The van der Waals surface area contributed by atoms with E-state index in [2.05, 4.69) is 40.5 Å². The molecule has 0 spiro atoms. The van der Waals surface area contributed by atoms with E-state index < -0.39 is 0 Å². The number of anilines is 1. The SMILES string of the molecule is C#CCCCC(NN)c1ccc(N(C)C)cc1. The van der Waals surface area contributed by atoms with E-state index in [1.807, 2.05) is 14.1 Å². The summed E-state index contributed by atoms with van der Waals surface area (Å²) in [6.45, 7) is 0. The third-order valence-electron chi connectivity index (χ3n) is 2.83. The number of hydrogen-bond donors (Lipinski definition) is 2. The van der Waals surface area contributed by atoms with Gasteiger partial charge in [0, 0.05) is 32.2 Å². The van der Waals surface area contributed by atoms with Crippen molar-refractivity contribution < 1.29 is 0 Å². The molecule has 3 nitrogen and oxygen atoms in total. The average molecular weight is 231 g/mol. The number of nitrogens with one attached hydrogen (secondary N) is 1. The highest BCUT2D eigenvalue weighted by Gasteiger charge is 2.08. The lowest BCUT2D eigenvalue weighted by atomic mass is 10.0. The van der Waals surface area contributed by atoms with Crippen LogP contribution in [0.3, 0.4) is 0 Å². The Bertz CT molecular complexity index is 362. The number of nitrogens with two attached hydrogens (primary N) is 1. The molecule has 0 aliphatic heterocycles. The molecule has 0 bridgehead atoms. The molecular weight excluding hydrogens is 210 g/mol. The van der Waals surface area contributed by atoms with Gasteiger partial charge in [0.25, 0.3) is 0 Å². The Kier molecular flexibility index (Phi) is 5.55. The minimum atomic E-state index is 0.180. The summed E-state index contributed by atoms with van der Waals surface area (Å²) in [5.74, 6) is 8.22. The lowest BCUT2D eigenvalue weighted by molar-refractivity contribution is 0.502. The third kappa shape index (κ3) is 4.10. The summed E-state index contributed by atoms with van der Waals surface area (Å²) in [6.07, 6.45) is 7.99. The lowest BCUT2D eigenvalue weighted by Gasteiger charge is -2.18. The van der Waals surface area contributed by atoms with Crippen molar-refractivity contribution >= 4 is 5.69 Å². The summed E-state index contributed by atoms with van der Waals surface area (Å²) >= 11 is 0. The van der Waals surface area contributed by atoms with Crippen LogP contribution in [0.4, 0.5) is 5.69 Å². The van der Waals surface area contributed by atoms with Gasteiger partial charge in [0.15, 0.2) is 0 Å². The van der Waals surface area contributed by atoms with Crippen molar-refractivity contribution in [1.29, 1.82) is 0 Å². The zero-order valence-electron chi connectivity index (χ0n) is 10.6. The van der Waals surface area contributed by atoms with Crippen LogP contribution in [-0.4, -0.2) is 14.1 Å². The largest absolute Gasteiger partial charge is 0.378 e. The highest BCUT2D eigenvalue weighted by molar-refractivity contribution is 5.46. The first-order chi connectivity index (χ1) is 8.19. The predicted octanol–water partition coefficient (Wildman–Crippen LogP) is 2.06. The summed E-state index contributed by atoms with van der Waals surface area (Å²) in [5, 5.41) is 0. The molecule has 1 unspecified atom stereocenters. The van der Waals surface area contributed by atoms with Crippen LogP contribution in [-0.2, 0) is 0 Å². The number of unbranched alkanes of at least 4 members (excludes halogenated alkanes) is 1. The normalized spacial score (nSPS) is 11.9. The Labute approximate surface area is 104 Å². The fourth-order valence-corrected chi connectivity index (χ4v) is 1.76. The van der Waals surface area contributed by atoms with Crippen molar-refractivity contribution in [2.75, 3.05) is 19.0 Å². The second-order valence-electron chi connectivity index (χ2n) is 4.30. The minimum absolute atomic E-state index is 0.180. The summed E-state index contributed by atoms with van der Waals surface area (Å²) in [4.78, 5) is 2.08. The molecule has 1 atom stereocenters. The smallest absolute Gasteiger partial charge is 0.0460 e. The first-order valence-electron chi connectivity index (χ1n) is 5.86. The van der Waals surface area contributed by atoms with E-state index in [1.54, 1.807) is 0 Å². The van der Waals surface area contributed by atoms with E-state index in [0.717, 1.165) is 19.3 Å². The standard InChI is InChI=1S/C14H21N3/c1-4-5-6-7-14(16-15)12-8-10-13(11-9-12)17(2)3/h1,8-11,14,16H,5-7,15H2,2-3H3. The Morgan fingerprint density at radius 2 is 2.00 bits per heavy atom. The molecule has 0 aliphatic carbocycles. The maximum Gasteiger partial charge on any atom is 0.0460 e. The van der Waals surface area contributed by atoms with Crippen LogP contribution in [0, 0.1) is 12.3 Å². The van der Waals surface area contributed by atoms with Crippen LogP contribution < -0.4 is 16.2 Å². The van der Waals surface area contributed by atoms with Crippen LogP contribution in [0.1, 0.15) is 30.9 Å². The molecule has 92 valence electrons. The van der Waals surface area contributed by atoms with Gasteiger partial charge in [-0.05, 0) is 30.5 Å². The maximum absolute atomic E-state index is 5.57. The Hall–Kier alpha value is -1.50. The van der Waals surface area contributed by atoms with Gasteiger partial charge in [-0.1, -0.05) is 12.1 Å². The molecule has 0 fully saturated rings. The molecule has 0 radical (unpaired) electrons. The summed E-state index contributed by atoms with van der Waals surface area (Å²) < 4.78 is 0. The van der Waals surface area contributed by atoms with Gasteiger partial charge < -0.3 is 4.90 Å². The second kappa shape index (κ2) is 6.95. The molecule has 0 amide bonds. The fourth-order valence-electron chi connectivity index (χ4n) is 1.76. The lowest BCUT2D eigenvalue weighted by Crippen LogP contribution is -2.28. The molecule has 1 rings (SSSR count). The molecule has 1 aromatic rings. The number of hydrogen-bond acceptors (Lipinski definition) is 3. The van der Waals surface area contributed by atoms with E-state index in [-0.39, 0.29) is 6.04 Å². The van der Waals surface area contributed by atoms with Crippen LogP contribution >= 0.6 is 0 Å². The zero-order chi connectivity index (χ0) is 12.7. The summed E-state index contributed by atoms with van der Waals surface area (Å²) in [5.41, 5.74) is 5.24. The van der Waals surface area contributed by atoms with Gasteiger partial charge in [-0.15, -0.1) is 12.3 Å². The van der Waals surface area contributed by atoms with Crippen LogP contribution in [0.25, 0.3) is 0 Å². The van der Waals surface area contributed by atoms with E-state index in [4.69, 9.17) is 12.3 Å². The van der Waals surface area contributed by atoms with Crippen molar-refractivity contribution in [1.82, 2.24) is 5.43 Å². The van der Waals surface area contributed by atoms with Gasteiger partial charge >= 0.3 is 0 Å². The second-order valence-corrected chi connectivity index (χ2v) is 4.30. The first-order valence-corrected chi connectivity index (χ1v) is 5.86. The molecular formula is C14H21N3. The zero-order valence-corrected chi connectivity index (χ0v) is 10.6. The number of terminal acetylenes is 1. The highest BCUT2D eigenvalue weighted by Crippen LogP contribution is 2.21. The molecule has 0 saturated heterocycles. The molecule has 0 saturated carbocycles. The summed E-state index contributed by atoms with van der Waals surface area (Å²) in [6, 6.07) is 8.59. The van der Waals surface area contributed by atoms with Gasteiger partial charge in [0.1, 0.15) is 0 Å². The van der Waals surface area contributed by atoms with Crippen molar-refractivity contribution in [2.45, 2.75) is 25.3 Å². The van der Waals surface area contributed by atoms with E-state index in [1.165, 1.54) is 11.3 Å². The van der Waals surface area contributed by atoms with E-state index in [0.29, 0.717) is 0 Å². The molecule has 0 heterocycles. The van der Waals surface area contributed by atoms with Crippen molar-refractivity contribution in [2.24, 2.45) is 5.84 Å². The number of nitrogens with zero attached hydrogens (tertiary/aromatic N) is 1. The molecule has 1 aromatic carbocycles. The Morgan fingerprint density at radius 1 is 1.35 bits per heavy atom. The number of rotatable bonds is 6. The van der Waals surface area contributed by atoms with Crippen molar-refractivity contribution in [3.8, 4) is 12.3 Å². The van der Waals surface area contributed by atoms with Crippen molar-refractivity contribution in [3.63, 3.8) is 0 Å². The molecule has 17 heavy (non-hydrogen) atoms. The van der Waals surface area contributed by atoms with Crippen LogP contribution in [0.5, 0.6) is 0 Å². The van der Waals surface area contributed by atoms with Gasteiger partial charge in [0.2, 0.25) is 0 Å². The number of benzene rings is 1. The van der Waals surface area contributed by atoms with Gasteiger partial charge in [-0.2, -0.15) is 0 Å². The summed E-state index contributed by atoms with van der Waals surface area (Å²) in [7, 11) is 4.06. The first kappa shape index (κ1) is 13.6.